The molecule has 0 amide bonds. The second-order valence-electron chi connectivity index (χ2n) is 3.59. The zero-order chi connectivity index (χ0) is 11.5. The summed E-state index contributed by atoms with van der Waals surface area (Å²) in [5.74, 6) is 0. The van der Waals surface area contributed by atoms with Crippen molar-refractivity contribution >= 4 is 10.9 Å². The molecule has 0 aliphatic rings. The summed E-state index contributed by atoms with van der Waals surface area (Å²) in [6.07, 6.45) is -2.82. The lowest BCUT2D eigenvalue weighted by Gasteiger charge is -2.10. The van der Waals surface area contributed by atoms with Crippen molar-refractivity contribution in [1.82, 2.24) is 4.98 Å². The number of hydrogen-bond acceptors (Lipinski definition) is 2. The monoisotopic (exact) mass is 223 g/mol. The Morgan fingerprint density at radius 1 is 1.19 bits per heavy atom. The molecular formula is C12H11F2NO. The van der Waals surface area contributed by atoms with Gasteiger partial charge in [-0.1, -0.05) is 18.2 Å². The molecular weight excluding hydrogens is 212 g/mol. The molecule has 1 unspecified atom stereocenters. The Kier molecular flexibility index (Phi) is 3.10. The van der Waals surface area contributed by atoms with Crippen LogP contribution in [0, 0.1) is 0 Å². The highest BCUT2D eigenvalue weighted by atomic mass is 19.3. The highest BCUT2D eigenvalue weighted by Gasteiger charge is 2.18. The van der Waals surface area contributed by atoms with Crippen molar-refractivity contribution in [3.63, 3.8) is 0 Å². The zero-order valence-corrected chi connectivity index (χ0v) is 8.48. The van der Waals surface area contributed by atoms with E-state index in [2.05, 4.69) is 4.98 Å². The van der Waals surface area contributed by atoms with Crippen LogP contribution in [0.3, 0.4) is 0 Å². The van der Waals surface area contributed by atoms with Crippen LogP contribution in [-0.4, -0.2) is 22.6 Å². The van der Waals surface area contributed by atoms with E-state index in [-0.39, 0.29) is 6.42 Å². The molecule has 1 heterocycles. The first-order valence-electron chi connectivity index (χ1n) is 4.97. The summed E-state index contributed by atoms with van der Waals surface area (Å²) in [4.78, 5) is 4.12. The van der Waals surface area contributed by atoms with E-state index in [9.17, 15) is 8.78 Å². The number of nitrogens with zero attached hydrogens (tertiary/aromatic N) is 1. The predicted octanol–water partition coefficient (Wildman–Crippen LogP) is 2.40. The lowest BCUT2D eigenvalue weighted by Crippen LogP contribution is -2.20. The molecule has 2 rings (SSSR count). The maximum absolute atomic E-state index is 12.2. The molecule has 84 valence electrons. The maximum Gasteiger partial charge on any atom is 0.264 e. The minimum atomic E-state index is -2.72. The molecule has 0 saturated carbocycles. The van der Waals surface area contributed by atoms with Crippen molar-refractivity contribution < 1.29 is 13.9 Å². The number of halogens is 2. The molecule has 1 atom stereocenters. The van der Waals surface area contributed by atoms with Gasteiger partial charge in [0.05, 0.1) is 5.52 Å². The fourth-order valence-electron chi connectivity index (χ4n) is 1.65. The summed E-state index contributed by atoms with van der Waals surface area (Å²) in [5.41, 5.74) is 1.44. The van der Waals surface area contributed by atoms with Crippen LogP contribution in [0.2, 0.25) is 0 Å². The molecule has 4 heteroatoms. The molecule has 2 nitrogen and oxygen atoms in total. The molecule has 0 aliphatic heterocycles. The minimum absolute atomic E-state index is 0.0549. The fraction of sp³-hybridized carbons (Fsp3) is 0.250. The number of para-hydroxylation sites is 1. The van der Waals surface area contributed by atoms with Crippen LogP contribution in [-0.2, 0) is 6.42 Å². The number of aliphatic hydroxyl groups is 1. The molecule has 0 radical (unpaired) electrons. The van der Waals surface area contributed by atoms with Crippen LogP contribution in [0.15, 0.2) is 36.5 Å². The third-order valence-electron chi connectivity index (χ3n) is 2.46. The first-order valence-corrected chi connectivity index (χ1v) is 4.97. The summed E-state index contributed by atoms with van der Waals surface area (Å²) >= 11 is 0. The number of fused-ring (bicyclic) bond motifs is 1. The van der Waals surface area contributed by atoms with Crippen molar-refractivity contribution in [2.24, 2.45) is 0 Å². The topological polar surface area (TPSA) is 33.1 Å². The third kappa shape index (κ3) is 2.17. The van der Waals surface area contributed by atoms with E-state index in [1.807, 2.05) is 24.3 Å². The van der Waals surface area contributed by atoms with E-state index in [1.165, 1.54) is 0 Å². The zero-order valence-electron chi connectivity index (χ0n) is 8.48. The molecule has 1 N–H and O–H groups in total. The van der Waals surface area contributed by atoms with Gasteiger partial charge in [-0.25, -0.2) is 8.78 Å². The Bertz CT molecular complexity index is 482. The molecule has 0 fully saturated rings. The summed E-state index contributed by atoms with van der Waals surface area (Å²) in [6, 6.07) is 8.95. The van der Waals surface area contributed by atoms with Crippen molar-refractivity contribution in [3.8, 4) is 0 Å². The average molecular weight is 223 g/mol. The lowest BCUT2D eigenvalue weighted by atomic mass is 10.0. The number of pyridine rings is 1. The van der Waals surface area contributed by atoms with Gasteiger partial charge in [-0.15, -0.1) is 0 Å². The standard InChI is InChI=1S/C12H11F2NO/c13-12(14)11(16)7-8-5-6-15-10-4-2-1-3-9(8)10/h1-6,11-12,16H,7H2. The van der Waals surface area contributed by atoms with Gasteiger partial charge in [-0.05, 0) is 17.7 Å². The van der Waals surface area contributed by atoms with Crippen molar-refractivity contribution in [2.75, 3.05) is 0 Å². The normalized spacial score (nSPS) is 13.2. The molecule has 1 aromatic heterocycles. The van der Waals surface area contributed by atoms with Crippen LogP contribution in [0.25, 0.3) is 10.9 Å². The van der Waals surface area contributed by atoms with Crippen LogP contribution < -0.4 is 0 Å². The Morgan fingerprint density at radius 3 is 2.69 bits per heavy atom. The Hall–Kier alpha value is -1.55. The number of aromatic nitrogens is 1. The molecule has 0 aliphatic carbocycles. The summed E-state index contributed by atoms with van der Waals surface area (Å²) in [6.45, 7) is 0. The minimum Gasteiger partial charge on any atom is -0.387 e. The molecule has 2 aromatic rings. The molecule has 0 bridgehead atoms. The summed E-state index contributed by atoms with van der Waals surface area (Å²) < 4.78 is 24.5. The number of aliphatic hydroxyl groups excluding tert-OH is 1. The van der Waals surface area contributed by atoms with E-state index in [1.54, 1.807) is 12.3 Å². The highest BCUT2D eigenvalue weighted by Crippen LogP contribution is 2.19. The van der Waals surface area contributed by atoms with E-state index < -0.39 is 12.5 Å². The van der Waals surface area contributed by atoms with Gasteiger partial charge < -0.3 is 5.11 Å². The van der Waals surface area contributed by atoms with Gasteiger partial charge in [0.15, 0.2) is 0 Å². The second-order valence-corrected chi connectivity index (χ2v) is 3.59. The maximum atomic E-state index is 12.2. The van der Waals surface area contributed by atoms with Crippen LogP contribution in [0.5, 0.6) is 0 Å². The number of hydrogen-bond donors (Lipinski definition) is 1. The van der Waals surface area contributed by atoms with Crippen molar-refractivity contribution in [2.45, 2.75) is 19.0 Å². The summed E-state index contributed by atoms with van der Waals surface area (Å²) in [5, 5.41) is 9.98. The number of alkyl halides is 2. The van der Waals surface area contributed by atoms with Gasteiger partial charge in [0.25, 0.3) is 6.43 Å². The van der Waals surface area contributed by atoms with Crippen LogP contribution in [0.4, 0.5) is 8.78 Å². The van der Waals surface area contributed by atoms with E-state index in [0.29, 0.717) is 5.56 Å². The SMILES string of the molecule is OC(Cc1ccnc2ccccc12)C(F)F. The van der Waals surface area contributed by atoms with Crippen LogP contribution in [0.1, 0.15) is 5.56 Å². The second kappa shape index (κ2) is 4.53. The van der Waals surface area contributed by atoms with Gasteiger partial charge in [0, 0.05) is 18.0 Å². The van der Waals surface area contributed by atoms with Crippen molar-refractivity contribution in [1.29, 1.82) is 0 Å². The smallest absolute Gasteiger partial charge is 0.264 e. The first-order chi connectivity index (χ1) is 7.68. The summed E-state index contributed by atoms with van der Waals surface area (Å²) in [7, 11) is 0. The van der Waals surface area contributed by atoms with Gasteiger partial charge in [-0.2, -0.15) is 0 Å². The van der Waals surface area contributed by atoms with Gasteiger partial charge >= 0.3 is 0 Å². The van der Waals surface area contributed by atoms with E-state index >= 15 is 0 Å². The quantitative estimate of drug-likeness (QED) is 0.866. The number of rotatable bonds is 3. The molecule has 1 aromatic carbocycles. The lowest BCUT2D eigenvalue weighted by molar-refractivity contribution is -0.00348. The Morgan fingerprint density at radius 2 is 1.94 bits per heavy atom. The van der Waals surface area contributed by atoms with Gasteiger partial charge in [0.2, 0.25) is 0 Å². The fourth-order valence-corrected chi connectivity index (χ4v) is 1.65. The van der Waals surface area contributed by atoms with Gasteiger partial charge in [0.1, 0.15) is 6.10 Å². The van der Waals surface area contributed by atoms with Crippen LogP contribution >= 0.6 is 0 Å². The predicted molar refractivity (Wildman–Crippen MR) is 57.5 cm³/mol. The van der Waals surface area contributed by atoms with Gasteiger partial charge in [-0.3, -0.25) is 4.98 Å². The van der Waals surface area contributed by atoms with Crippen molar-refractivity contribution in [3.05, 3.63) is 42.1 Å². The Labute approximate surface area is 91.6 Å². The number of benzene rings is 1. The first kappa shape index (κ1) is 11.0. The molecule has 16 heavy (non-hydrogen) atoms. The molecule has 0 spiro atoms. The third-order valence-corrected chi connectivity index (χ3v) is 2.46. The van der Waals surface area contributed by atoms with E-state index in [4.69, 9.17) is 5.11 Å². The van der Waals surface area contributed by atoms with E-state index in [0.717, 1.165) is 10.9 Å². The average Bonchev–Trinajstić information content (AvgIpc) is 2.29. The highest BCUT2D eigenvalue weighted by molar-refractivity contribution is 5.81. The Balaban J connectivity index is 2.37. The largest absolute Gasteiger partial charge is 0.387 e. The molecule has 0 saturated heterocycles.